The van der Waals surface area contributed by atoms with Gasteiger partial charge in [0.05, 0.1) is 6.10 Å². The van der Waals surface area contributed by atoms with Crippen molar-refractivity contribution in [2.75, 3.05) is 0 Å². The summed E-state index contributed by atoms with van der Waals surface area (Å²) in [5, 5.41) is 19.4. The third-order valence-corrected chi connectivity index (χ3v) is 6.88. The van der Waals surface area contributed by atoms with Crippen LogP contribution in [-0.2, 0) is 16.6 Å². The number of hydrogen-bond donors (Lipinski definition) is 2. The Kier molecular flexibility index (Phi) is 8.47. The maximum Gasteiger partial charge on any atom is 0.303 e. The predicted octanol–water partition coefficient (Wildman–Crippen LogP) is 6.85. The Labute approximate surface area is 194 Å². The van der Waals surface area contributed by atoms with Gasteiger partial charge in [-0.15, -0.1) is 0 Å². The molecule has 2 aromatic carbocycles. The fourth-order valence-electron chi connectivity index (χ4n) is 4.39. The lowest BCUT2D eigenvalue weighted by atomic mass is 9.69. The number of aliphatic carboxylic acids is 1. The van der Waals surface area contributed by atoms with E-state index in [0.29, 0.717) is 6.42 Å². The van der Waals surface area contributed by atoms with E-state index in [9.17, 15) is 9.90 Å². The Bertz CT molecular complexity index is 959. The van der Waals surface area contributed by atoms with Gasteiger partial charge in [-0.1, -0.05) is 83.2 Å². The molecule has 0 aliphatic carbocycles. The lowest BCUT2D eigenvalue weighted by Crippen LogP contribution is -2.26. The molecule has 32 heavy (non-hydrogen) atoms. The van der Waals surface area contributed by atoms with Crippen molar-refractivity contribution in [1.29, 1.82) is 0 Å². The van der Waals surface area contributed by atoms with Crippen molar-refractivity contribution in [2.24, 2.45) is 5.41 Å². The molecule has 0 saturated carbocycles. The first kappa shape index (κ1) is 25.9. The standard InChI is InChI=1S/C29H40O3/c1-8-29(9-2,25-15-11-23(21(4)19-25)13-17-27(31)32)24-14-10-22(20(3)18-24)12-16-26(30)28(5,6)7/h10-12,14-16,18-19,26,30H,8-9,13,17H2,1-7H3,(H,31,32). The summed E-state index contributed by atoms with van der Waals surface area (Å²) >= 11 is 0. The molecule has 2 N–H and O–H groups in total. The van der Waals surface area contributed by atoms with E-state index in [-0.39, 0.29) is 17.3 Å². The first-order valence-electron chi connectivity index (χ1n) is 11.7. The first-order valence-corrected chi connectivity index (χ1v) is 11.7. The molecule has 2 rings (SSSR count). The highest BCUT2D eigenvalue weighted by Gasteiger charge is 2.31. The summed E-state index contributed by atoms with van der Waals surface area (Å²) in [6, 6.07) is 13.2. The molecule has 0 aliphatic heterocycles. The summed E-state index contributed by atoms with van der Waals surface area (Å²) in [5.74, 6) is -0.760. The molecule has 1 unspecified atom stereocenters. The second-order valence-electron chi connectivity index (χ2n) is 10.1. The largest absolute Gasteiger partial charge is 0.481 e. The number of hydrogen-bond acceptors (Lipinski definition) is 2. The lowest BCUT2D eigenvalue weighted by molar-refractivity contribution is -0.136. The van der Waals surface area contributed by atoms with Crippen molar-refractivity contribution in [3.8, 4) is 0 Å². The fraction of sp³-hybridized carbons (Fsp3) is 0.483. The molecular formula is C29H40O3. The Balaban J connectivity index is 2.41. The SMILES string of the molecule is CCC(CC)(c1ccc(C=CC(O)C(C)(C)C)c(C)c1)c1ccc(CCC(=O)O)c(C)c1. The van der Waals surface area contributed by atoms with Crippen molar-refractivity contribution in [3.63, 3.8) is 0 Å². The predicted molar refractivity (Wildman–Crippen MR) is 134 cm³/mol. The van der Waals surface area contributed by atoms with Crippen LogP contribution in [0, 0.1) is 19.3 Å². The van der Waals surface area contributed by atoms with Gasteiger partial charge in [0.1, 0.15) is 0 Å². The van der Waals surface area contributed by atoms with Crippen LogP contribution in [0.1, 0.15) is 87.3 Å². The van der Waals surface area contributed by atoms with Gasteiger partial charge in [0.2, 0.25) is 0 Å². The van der Waals surface area contributed by atoms with Crippen molar-refractivity contribution >= 4 is 12.0 Å². The van der Waals surface area contributed by atoms with Gasteiger partial charge in [0, 0.05) is 11.8 Å². The smallest absolute Gasteiger partial charge is 0.303 e. The fourth-order valence-corrected chi connectivity index (χ4v) is 4.39. The Hall–Kier alpha value is -2.39. The molecule has 3 heteroatoms. The van der Waals surface area contributed by atoms with E-state index in [0.717, 1.165) is 29.5 Å². The van der Waals surface area contributed by atoms with Gasteiger partial charge >= 0.3 is 5.97 Å². The molecule has 1 atom stereocenters. The number of aliphatic hydroxyl groups is 1. The van der Waals surface area contributed by atoms with E-state index < -0.39 is 12.1 Å². The number of carbonyl (C=O) groups is 1. The summed E-state index contributed by atoms with van der Waals surface area (Å²) in [6.07, 6.45) is 6.10. The van der Waals surface area contributed by atoms with Crippen LogP contribution in [0.5, 0.6) is 0 Å². The Morgan fingerprint density at radius 2 is 1.53 bits per heavy atom. The molecule has 3 nitrogen and oxygen atoms in total. The summed E-state index contributed by atoms with van der Waals surface area (Å²) < 4.78 is 0. The number of aliphatic hydroxyl groups excluding tert-OH is 1. The van der Waals surface area contributed by atoms with E-state index in [2.05, 4.69) is 64.1 Å². The molecule has 0 radical (unpaired) electrons. The van der Waals surface area contributed by atoms with Crippen LogP contribution < -0.4 is 0 Å². The zero-order valence-corrected chi connectivity index (χ0v) is 20.8. The number of carboxylic acid groups (broad SMARTS) is 1. The van der Waals surface area contributed by atoms with Crippen LogP contribution in [0.2, 0.25) is 0 Å². The first-order chi connectivity index (χ1) is 14.9. The summed E-state index contributed by atoms with van der Waals surface area (Å²) in [6.45, 7) is 14.8. The number of aryl methyl sites for hydroxylation is 3. The summed E-state index contributed by atoms with van der Waals surface area (Å²) in [7, 11) is 0. The summed E-state index contributed by atoms with van der Waals surface area (Å²) in [5.41, 5.74) is 6.89. The van der Waals surface area contributed by atoms with Crippen LogP contribution in [0.3, 0.4) is 0 Å². The van der Waals surface area contributed by atoms with Gasteiger partial charge in [0.15, 0.2) is 0 Å². The topological polar surface area (TPSA) is 57.5 Å². The third-order valence-electron chi connectivity index (χ3n) is 6.88. The summed E-state index contributed by atoms with van der Waals surface area (Å²) in [4.78, 5) is 11.0. The Morgan fingerprint density at radius 3 is 2.00 bits per heavy atom. The van der Waals surface area contributed by atoms with Gasteiger partial charge in [0.25, 0.3) is 0 Å². The molecule has 0 aromatic heterocycles. The van der Waals surface area contributed by atoms with E-state index in [1.54, 1.807) is 0 Å². The molecule has 0 amide bonds. The van der Waals surface area contributed by atoms with Crippen molar-refractivity contribution in [2.45, 2.75) is 85.7 Å². The van der Waals surface area contributed by atoms with E-state index in [1.807, 2.05) is 32.9 Å². The average Bonchev–Trinajstić information content (AvgIpc) is 2.72. The highest BCUT2D eigenvalue weighted by atomic mass is 16.4. The number of carboxylic acids is 1. The van der Waals surface area contributed by atoms with E-state index in [4.69, 9.17) is 5.11 Å². The average molecular weight is 437 g/mol. The molecule has 174 valence electrons. The molecule has 0 saturated heterocycles. The van der Waals surface area contributed by atoms with Crippen LogP contribution >= 0.6 is 0 Å². The Morgan fingerprint density at radius 1 is 0.969 bits per heavy atom. The van der Waals surface area contributed by atoms with Gasteiger partial charge in [-0.05, 0) is 71.9 Å². The van der Waals surface area contributed by atoms with Crippen molar-refractivity contribution < 1.29 is 15.0 Å². The third kappa shape index (κ3) is 5.89. The number of rotatable bonds is 9. The molecule has 0 heterocycles. The van der Waals surface area contributed by atoms with E-state index in [1.165, 1.54) is 16.7 Å². The second-order valence-corrected chi connectivity index (χ2v) is 10.1. The minimum atomic E-state index is -0.760. The minimum absolute atomic E-state index is 0.0893. The molecule has 2 aromatic rings. The maximum absolute atomic E-state index is 11.0. The van der Waals surface area contributed by atoms with Gasteiger partial charge in [-0.2, -0.15) is 0 Å². The van der Waals surface area contributed by atoms with Gasteiger partial charge in [-0.25, -0.2) is 0 Å². The minimum Gasteiger partial charge on any atom is -0.481 e. The molecular weight excluding hydrogens is 396 g/mol. The van der Waals surface area contributed by atoms with E-state index >= 15 is 0 Å². The zero-order valence-electron chi connectivity index (χ0n) is 20.8. The molecule has 0 spiro atoms. The number of benzene rings is 2. The van der Waals surface area contributed by atoms with Crippen molar-refractivity contribution in [3.05, 3.63) is 75.9 Å². The quantitative estimate of drug-likeness (QED) is 0.452. The van der Waals surface area contributed by atoms with Crippen LogP contribution in [0.25, 0.3) is 6.08 Å². The van der Waals surface area contributed by atoms with Crippen LogP contribution in [0.15, 0.2) is 42.5 Å². The zero-order chi connectivity index (χ0) is 24.1. The molecule has 0 bridgehead atoms. The monoisotopic (exact) mass is 436 g/mol. The molecule has 0 aliphatic rings. The van der Waals surface area contributed by atoms with Crippen LogP contribution in [-0.4, -0.2) is 22.3 Å². The molecule has 0 fully saturated rings. The lowest BCUT2D eigenvalue weighted by Gasteiger charge is -2.34. The normalized spacial score (nSPS) is 13.5. The van der Waals surface area contributed by atoms with Crippen LogP contribution in [0.4, 0.5) is 0 Å². The second kappa shape index (κ2) is 10.5. The highest BCUT2D eigenvalue weighted by Crippen LogP contribution is 2.40. The highest BCUT2D eigenvalue weighted by molar-refractivity contribution is 5.67. The van der Waals surface area contributed by atoms with Gasteiger partial charge in [-0.3, -0.25) is 4.79 Å². The van der Waals surface area contributed by atoms with Gasteiger partial charge < -0.3 is 10.2 Å². The maximum atomic E-state index is 11.0. The van der Waals surface area contributed by atoms with Crippen molar-refractivity contribution in [1.82, 2.24) is 0 Å².